The second-order valence-corrected chi connectivity index (χ2v) is 8.99. The van der Waals surface area contributed by atoms with Crippen LogP contribution in [0.15, 0.2) is 83.5 Å². The van der Waals surface area contributed by atoms with Gasteiger partial charge in [-0.3, -0.25) is 9.69 Å². The molecule has 0 aliphatic heterocycles. The molecule has 1 unspecified atom stereocenters. The van der Waals surface area contributed by atoms with Crippen LogP contribution in [0.1, 0.15) is 46.0 Å². The van der Waals surface area contributed by atoms with E-state index in [-0.39, 0.29) is 30.0 Å². The van der Waals surface area contributed by atoms with Gasteiger partial charge in [0.25, 0.3) is 5.91 Å². The van der Waals surface area contributed by atoms with Crippen LogP contribution in [0.2, 0.25) is 10.0 Å². The molecule has 5 nitrogen and oxygen atoms in total. The van der Waals surface area contributed by atoms with Crippen molar-refractivity contribution in [2.75, 3.05) is 0 Å². The van der Waals surface area contributed by atoms with Crippen LogP contribution in [-0.4, -0.2) is 15.8 Å². The van der Waals surface area contributed by atoms with Crippen LogP contribution in [0.25, 0.3) is 0 Å². The minimum absolute atomic E-state index is 0.0355. The molecule has 0 saturated heterocycles. The van der Waals surface area contributed by atoms with Gasteiger partial charge in [-0.2, -0.15) is 0 Å². The van der Waals surface area contributed by atoms with E-state index in [4.69, 9.17) is 27.6 Å². The van der Waals surface area contributed by atoms with Gasteiger partial charge in [-0.1, -0.05) is 71.7 Å². The van der Waals surface area contributed by atoms with Crippen LogP contribution in [0.3, 0.4) is 0 Å². The first-order valence-corrected chi connectivity index (χ1v) is 11.8. The number of carbonyl (C=O) groups is 1. The highest BCUT2D eigenvalue weighted by Crippen LogP contribution is 2.27. The minimum Gasteiger partial charge on any atom is -0.447 e. The molecule has 0 radical (unpaired) electrons. The molecule has 0 fully saturated rings. The topological polar surface area (TPSA) is 58.4 Å². The molecule has 1 amide bonds. The fraction of sp³-hybridized carbons (Fsp3) is 0.185. The summed E-state index contributed by atoms with van der Waals surface area (Å²) in [5.74, 6) is -0.271. The molecule has 1 heterocycles. The van der Waals surface area contributed by atoms with Crippen molar-refractivity contribution in [2.45, 2.75) is 32.6 Å². The Balaban J connectivity index is 1.47. The van der Waals surface area contributed by atoms with Crippen molar-refractivity contribution in [1.82, 2.24) is 15.2 Å². The summed E-state index contributed by atoms with van der Waals surface area (Å²) in [5.41, 5.74) is 3.10. The number of benzene rings is 3. The van der Waals surface area contributed by atoms with Crippen molar-refractivity contribution in [3.8, 4) is 0 Å². The Morgan fingerprint density at radius 1 is 1.00 bits per heavy atom. The van der Waals surface area contributed by atoms with Gasteiger partial charge in [0.15, 0.2) is 5.69 Å². The van der Waals surface area contributed by atoms with Crippen LogP contribution in [-0.2, 0) is 19.6 Å². The Hall–Kier alpha value is -3.19. The highest BCUT2D eigenvalue weighted by molar-refractivity contribution is 6.42. The molecular formula is C27H24Cl2FN3O2. The average Bonchev–Trinajstić information content (AvgIpc) is 3.34. The molecule has 0 aliphatic carbocycles. The SMILES string of the molecule is CC(c1ccccc1)N(Cc1ccc(Cl)c(Cl)c1)Cc1nc(C(=O)NCc2ccc(F)cc2)co1. The van der Waals surface area contributed by atoms with Gasteiger partial charge >= 0.3 is 0 Å². The third-order valence-electron chi connectivity index (χ3n) is 5.69. The summed E-state index contributed by atoms with van der Waals surface area (Å²) in [7, 11) is 0. The van der Waals surface area contributed by atoms with Crippen LogP contribution in [0.5, 0.6) is 0 Å². The second kappa shape index (κ2) is 11.5. The first kappa shape index (κ1) is 24.9. The van der Waals surface area contributed by atoms with Crippen LogP contribution in [0.4, 0.5) is 4.39 Å². The maximum atomic E-state index is 13.1. The molecule has 1 atom stereocenters. The van der Waals surface area contributed by atoms with Crippen molar-refractivity contribution >= 4 is 29.1 Å². The maximum Gasteiger partial charge on any atom is 0.273 e. The van der Waals surface area contributed by atoms with Gasteiger partial charge in [0.1, 0.15) is 12.1 Å². The molecule has 4 rings (SSSR count). The maximum absolute atomic E-state index is 13.1. The lowest BCUT2D eigenvalue weighted by molar-refractivity contribution is 0.0945. The predicted molar refractivity (Wildman–Crippen MR) is 135 cm³/mol. The largest absolute Gasteiger partial charge is 0.447 e. The van der Waals surface area contributed by atoms with Crippen molar-refractivity contribution in [3.05, 3.63) is 123 Å². The lowest BCUT2D eigenvalue weighted by Crippen LogP contribution is -2.27. The van der Waals surface area contributed by atoms with E-state index < -0.39 is 0 Å². The smallest absolute Gasteiger partial charge is 0.273 e. The van der Waals surface area contributed by atoms with Crippen molar-refractivity contribution in [3.63, 3.8) is 0 Å². The van der Waals surface area contributed by atoms with E-state index in [1.54, 1.807) is 18.2 Å². The van der Waals surface area contributed by atoms with Gasteiger partial charge in [0.05, 0.1) is 16.6 Å². The number of aromatic nitrogens is 1. The Morgan fingerprint density at radius 2 is 1.71 bits per heavy atom. The van der Waals surface area contributed by atoms with Crippen molar-refractivity contribution < 1.29 is 13.6 Å². The zero-order valence-electron chi connectivity index (χ0n) is 19.0. The highest BCUT2D eigenvalue weighted by Gasteiger charge is 2.21. The number of amides is 1. The van der Waals surface area contributed by atoms with Crippen molar-refractivity contribution in [2.24, 2.45) is 0 Å². The van der Waals surface area contributed by atoms with E-state index in [2.05, 4.69) is 34.3 Å². The molecule has 4 aromatic rings. The van der Waals surface area contributed by atoms with Crippen LogP contribution >= 0.6 is 23.2 Å². The lowest BCUT2D eigenvalue weighted by Gasteiger charge is -2.28. The monoisotopic (exact) mass is 511 g/mol. The Kier molecular flexibility index (Phi) is 8.18. The molecule has 1 aromatic heterocycles. The molecule has 3 aromatic carbocycles. The lowest BCUT2D eigenvalue weighted by atomic mass is 10.1. The van der Waals surface area contributed by atoms with Gasteiger partial charge in [-0.25, -0.2) is 9.37 Å². The van der Waals surface area contributed by atoms with E-state index in [9.17, 15) is 9.18 Å². The fourth-order valence-corrected chi connectivity index (χ4v) is 4.00. The molecule has 0 aliphatic rings. The second-order valence-electron chi connectivity index (χ2n) is 8.18. The third kappa shape index (κ3) is 6.69. The molecular weight excluding hydrogens is 488 g/mol. The summed E-state index contributed by atoms with van der Waals surface area (Å²) in [6, 6.07) is 21.6. The molecule has 180 valence electrons. The van der Waals surface area contributed by atoms with Gasteiger partial charge in [-0.15, -0.1) is 0 Å². The average molecular weight is 512 g/mol. The van der Waals surface area contributed by atoms with Gasteiger partial charge < -0.3 is 9.73 Å². The molecule has 0 saturated carbocycles. The van der Waals surface area contributed by atoms with Gasteiger partial charge in [0.2, 0.25) is 5.89 Å². The third-order valence-corrected chi connectivity index (χ3v) is 6.43. The number of halogens is 3. The molecule has 8 heteroatoms. The summed E-state index contributed by atoms with van der Waals surface area (Å²) < 4.78 is 18.7. The van der Waals surface area contributed by atoms with E-state index >= 15 is 0 Å². The zero-order valence-corrected chi connectivity index (χ0v) is 20.6. The van der Waals surface area contributed by atoms with Crippen LogP contribution < -0.4 is 5.32 Å². The normalized spacial score (nSPS) is 12.0. The number of carbonyl (C=O) groups excluding carboxylic acids is 1. The molecule has 0 spiro atoms. The minimum atomic E-state index is -0.364. The molecule has 1 N–H and O–H groups in total. The summed E-state index contributed by atoms with van der Waals surface area (Å²) in [4.78, 5) is 19.1. The number of nitrogens with zero attached hydrogens (tertiary/aromatic N) is 2. The van der Waals surface area contributed by atoms with E-state index in [1.807, 2.05) is 30.3 Å². The first-order chi connectivity index (χ1) is 16.9. The summed E-state index contributed by atoms with van der Waals surface area (Å²) in [6.07, 6.45) is 1.35. The standard InChI is InChI=1S/C27H24Cl2FN3O2/c1-18(21-5-3-2-4-6-21)33(15-20-9-12-23(28)24(29)13-20)16-26-32-25(17-35-26)27(34)31-14-19-7-10-22(30)11-8-19/h2-13,17-18H,14-16H2,1H3,(H,31,34). The number of rotatable bonds is 9. The van der Waals surface area contributed by atoms with Crippen LogP contribution in [0, 0.1) is 5.82 Å². The quantitative estimate of drug-likeness (QED) is 0.268. The molecule has 0 bridgehead atoms. The van der Waals surface area contributed by atoms with E-state index in [1.165, 1.54) is 18.4 Å². The van der Waals surface area contributed by atoms with Crippen molar-refractivity contribution in [1.29, 1.82) is 0 Å². The Labute approximate surface area is 213 Å². The van der Waals surface area contributed by atoms with E-state index in [0.29, 0.717) is 29.0 Å². The number of hydrogen-bond acceptors (Lipinski definition) is 4. The van der Waals surface area contributed by atoms with Gasteiger partial charge in [-0.05, 0) is 47.9 Å². The summed E-state index contributed by atoms with van der Waals surface area (Å²) in [6.45, 7) is 3.31. The Bertz CT molecular complexity index is 1280. The summed E-state index contributed by atoms with van der Waals surface area (Å²) in [5, 5.41) is 3.77. The zero-order chi connectivity index (χ0) is 24.8. The number of hydrogen-bond donors (Lipinski definition) is 1. The van der Waals surface area contributed by atoms with E-state index in [0.717, 1.165) is 16.7 Å². The molecule has 35 heavy (non-hydrogen) atoms. The Morgan fingerprint density at radius 3 is 2.43 bits per heavy atom. The first-order valence-electron chi connectivity index (χ1n) is 11.1. The highest BCUT2D eigenvalue weighted by atomic mass is 35.5. The summed E-state index contributed by atoms with van der Waals surface area (Å²) >= 11 is 12.3. The van der Waals surface area contributed by atoms with Gasteiger partial charge in [0, 0.05) is 19.1 Å². The predicted octanol–water partition coefficient (Wildman–Crippen LogP) is 6.81. The number of nitrogens with one attached hydrogen (secondary N) is 1. The number of oxazole rings is 1. The fourth-order valence-electron chi connectivity index (χ4n) is 3.68.